The van der Waals surface area contributed by atoms with Crippen LogP contribution in [0.5, 0.6) is 0 Å². The summed E-state index contributed by atoms with van der Waals surface area (Å²) in [5, 5.41) is 12.1. The van der Waals surface area contributed by atoms with E-state index in [9.17, 15) is 0 Å². The molecule has 0 saturated heterocycles. The largest absolute Gasteiger partial charge is 0.384 e. The predicted molar refractivity (Wildman–Crippen MR) is 77.2 cm³/mol. The second kappa shape index (κ2) is 3.78. The van der Waals surface area contributed by atoms with Gasteiger partial charge in [0.2, 0.25) is 0 Å². The third-order valence-electron chi connectivity index (χ3n) is 4.01. The molecule has 1 unspecified atom stereocenters. The van der Waals surface area contributed by atoms with Gasteiger partial charge in [-0.25, -0.2) is 9.97 Å². The van der Waals surface area contributed by atoms with Crippen molar-refractivity contribution in [2.24, 2.45) is 0 Å². The van der Waals surface area contributed by atoms with E-state index in [1.165, 1.54) is 5.56 Å². The number of aromatic nitrogens is 6. The molecule has 102 valence electrons. The summed E-state index contributed by atoms with van der Waals surface area (Å²) < 4.78 is 1.94. The van der Waals surface area contributed by atoms with Gasteiger partial charge in [0, 0.05) is 12.2 Å². The van der Waals surface area contributed by atoms with Gasteiger partial charge in [-0.15, -0.1) is 10.2 Å². The lowest BCUT2D eigenvalue weighted by molar-refractivity contribution is 0.786. The van der Waals surface area contributed by atoms with E-state index in [2.05, 4.69) is 42.6 Å². The number of H-pyrrole nitrogens is 1. The van der Waals surface area contributed by atoms with E-state index in [0.717, 1.165) is 29.2 Å². The highest BCUT2D eigenvalue weighted by atomic mass is 15.3. The zero-order valence-corrected chi connectivity index (χ0v) is 11.0. The molecule has 0 spiro atoms. The molecule has 3 aromatic heterocycles. The molecule has 5 rings (SSSR count). The van der Waals surface area contributed by atoms with Crippen LogP contribution in [0.25, 0.3) is 16.8 Å². The standard InChI is InChI=1S/C14H11N7/c1-2-4-10-8(3-1)9(5-15-10)13-19-20-14-11-12(17-6-16-11)18-7-21(13)14/h1-4,6-7,9,15H,5H2,(H,16,17). The molecule has 0 radical (unpaired) electrons. The van der Waals surface area contributed by atoms with Crippen LogP contribution >= 0.6 is 0 Å². The van der Waals surface area contributed by atoms with Crippen LogP contribution in [0.1, 0.15) is 17.3 Å². The van der Waals surface area contributed by atoms with Crippen molar-refractivity contribution in [2.75, 3.05) is 11.9 Å². The van der Waals surface area contributed by atoms with Crippen molar-refractivity contribution in [3.63, 3.8) is 0 Å². The van der Waals surface area contributed by atoms with E-state index >= 15 is 0 Å². The normalized spacial score (nSPS) is 17.2. The molecular formula is C14H11N7. The Morgan fingerprint density at radius 2 is 2.10 bits per heavy atom. The van der Waals surface area contributed by atoms with Crippen molar-refractivity contribution in [2.45, 2.75) is 5.92 Å². The van der Waals surface area contributed by atoms with Crippen molar-refractivity contribution >= 4 is 22.5 Å². The monoisotopic (exact) mass is 277 g/mol. The molecule has 0 saturated carbocycles. The highest BCUT2D eigenvalue weighted by Crippen LogP contribution is 2.35. The first kappa shape index (κ1) is 10.8. The molecule has 2 N–H and O–H groups in total. The Morgan fingerprint density at radius 3 is 3.10 bits per heavy atom. The average Bonchev–Trinajstić information content (AvgIpc) is 3.23. The number of hydrogen-bond donors (Lipinski definition) is 2. The van der Waals surface area contributed by atoms with Gasteiger partial charge < -0.3 is 10.3 Å². The van der Waals surface area contributed by atoms with Gasteiger partial charge in [0.1, 0.15) is 17.7 Å². The Labute approximate surface area is 119 Å². The molecule has 1 aromatic carbocycles. The summed E-state index contributed by atoms with van der Waals surface area (Å²) in [7, 11) is 0. The first-order valence-electron chi connectivity index (χ1n) is 6.77. The Balaban J connectivity index is 1.76. The van der Waals surface area contributed by atoms with Gasteiger partial charge in [-0.1, -0.05) is 18.2 Å². The van der Waals surface area contributed by atoms with Gasteiger partial charge in [0.25, 0.3) is 0 Å². The van der Waals surface area contributed by atoms with Crippen LogP contribution in [-0.4, -0.2) is 36.1 Å². The fourth-order valence-corrected chi connectivity index (χ4v) is 3.00. The maximum atomic E-state index is 4.39. The number of para-hydroxylation sites is 1. The van der Waals surface area contributed by atoms with Crippen LogP contribution in [-0.2, 0) is 0 Å². The number of nitrogens with zero attached hydrogens (tertiary/aromatic N) is 5. The summed E-state index contributed by atoms with van der Waals surface area (Å²) >= 11 is 0. The van der Waals surface area contributed by atoms with E-state index in [1.807, 2.05) is 16.5 Å². The molecule has 4 aromatic rings. The molecule has 0 fully saturated rings. The number of aromatic amines is 1. The highest BCUT2D eigenvalue weighted by molar-refractivity contribution is 5.84. The molecule has 0 bridgehead atoms. The van der Waals surface area contributed by atoms with Crippen molar-refractivity contribution < 1.29 is 0 Å². The summed E-state index contributed by atoms with van der Waals surface area (Å²) in [4.78, 5) is 11.6. The van der Waals surface area contributed by atoms with Crippen molar-refractivity contribution in [3.8, 4) is 0 Å². The van der Waals surface area contributed by atoms with Crippen molar-refractivity contribution in [1.29, 1.82) is 0 Å². The van der Waals surface area contributed by atoms with Crippen LogP contribution in [0.3, 0.4) is 0 Å². The molecular weight excluding hydrogens is 266 g/mol. The smallest absolute Gasteiger partial charge is 0.189 e. The van der Waals surface area contributed by atoms with E-state index in [4.69, 9.17) is 0 Å². The Hall–Kier alpha value is -2.96. The molecule has 1 aliphatic rings. The minimum absolute atomic E-state index is 0.179. The molecule has 4 heterocycles. The van der Waals surface area contributed by atoms with E-state index in [-0.39, 0.29) is 5.92 Å². The van der Waals surface area contributed by atoms with Gasteiger partial charge in [-0.3, -0.25) is 4.40 Å². The molecule has 1 atom stereocenters. The lowest BCUT2D eigenvalue weighted by Crippen LogP contribution is -2.08. The Morgan fingerprint density at radius 1 is 1.14 bits per heavy atom. The first-order chi connectivity index (χ1) is 10.4. The van der Waals surface area contributed by atoms with Gasteiger partial charge in [0.05, 0.1) is 12.2 Å². The second-order valence-corrected chi connectivity index (χ2v) is 5.12. The topological polar surface area (TPSA) is 83.8 Å². The zero-order chi connectivity index (χ0) is 13.8. The van der Waals surface area contributed by atoms with Gasteiger partial charge >= 0.3 is 0 Å². The molecule has 7 heteroatoms. The van der Waals surface area contributed by atoms with Crippen molar-refractivity contribution in [1.82, 2.24) is 29.5 Å². The van der Waals surface area contributed by atoms with Crippen molar-refractivity contribution in [3.05, 3.63) is 48.3 Å². The van der Waals surface area contributed by atoms with Gasteiger partial charge in [-0.2, -0.15) is 0 Å². The van der Waals surface area contributed by atoms with Crippen LogP contribution in [0.4, 0.5) is 5.69 Å². The average molecular weight is 277 g/mol. The third kappa shape index (κ3) is 1.37. The summed E-state index contributed by atoms with van der Waals surface area (Å²) in [5.41, 5.74) is 4.64. The number of imidazole rings is 1. The van der Waals surface area contributed by atoms with E-state index in [0.29, 0.717) is 5.65 Å². The highest BCUT2D eigenvalue weighted by Gasteiger charge is 2.28. The summed E-state index contributed by atoms with van der Waals surface area (Å²) in [6.45, 7) is 0.821. The second-order valence-electron chi connectivity index (χ2n) is 5.12. The molecule has 0 amide bonds. The number of nitrogens with one attached hydrogen (secondary N) is 2. The SMILES string of the molecule is c1ccc2c(c1)NCC2c1nnc2c3[nH]cnc3ncn12. The lowest BCUT2D eigenvalue weighted by Gasteiger charge is -2.07. The van der Waals surface area contributed by atoms with Crippen LogP contribution in [0.15, 0.2) is 36.9 Å². The number of benzene rings is 1. The first-order valence-corrected chi connectivity index (χ1v) is 6.77. The predicted octanol–water partition coefficient (Wildman–Crippen LogP) is 1.56. The van der Waals surface area contributed by atoms with Crippen LogP contribution in [0, 0.1) is 0 Å². The lowest BCUT2D eigenvalue weighted by atomic mass is 10.0. The van der Waals surface area contributed by atoms with Crippen LogP contribution in [0.2, 0.25) is 0 Å². The number of hydrogen-bond acceptors (Lipinski definition) is 5. The number of anilines is 1. The summed E-state index contributed by atoms with van der Waals surface area (Å²) in [6, 6.07) is 8.30. The quantitative estimate of drug-likeness (QED) is 0.551. The molecule has 7 nitrogen and oxygen atoms in total. The van der Waals surface area contributed by atoms with Crippen LogP contribution < -0.4 is 5.32 Å². The zero-order valence-electron chi connectivity index (χ0n) is 11.0. The van der Waals surface area contributed by atoms with Gasteiger partial charge in [-0.05, 0) is 11.6 Å². The number of rotatable bonds is 1. The fraction of sp³-hybridized carbons (Fsp3) is 0.143. The Bertz CT molecular complexity index is 968. The third-order valence-corrected chi connectivity index (χ3v) is 4.01. The minimum Gasteiger partial charge on any atom is -0.384 e. The molecule has 0 aliphatic carbocycles. The summed E-state index contributed by atoms with van der Waals surface area (Å²) in [6.07, 6.45) is 3.37. The Kier molecular flexibility index (Phi) is 1.94. The maximum Gasteiger partial charge on any atom is 0.189 e. The van der Waals surface area contributed by atoms with E-state index in [1.54, 1.807) is 12.7 Å². The fourth-order valence-electron chi connectivity index (χ4n) is 3.00. The number of fused-ring (bicyclic) bond motifs is 4. The molecule has 21 heavy (non-hydrogen) atoms. The maximum absolute atomic E-state index is 4.39. The summed E-state index contributed by atoms with van der Waals surface area (Å²) in [5.74, 6) is 1.07. The minimum atomic E-state index is 0.179. The van der Waals surface area contributed by atoms with Gasteiger partial charge in [0.15, 0.2) is 11.3 Å². The molecule has 1 aliphatic heterocycles. The van der Waals surface area contributed by atoms with E-state index < -0.39 is 0 Å².